The van der Waals surface area contributed by atoms with Crippen molar-refractivity contribution in [3.05, 3.63) is 53.9 Å². The Morgan fingerprint density at radius 3 is 2.70 bits per heavy atom. The first-order valence-corrected chi connectivity index (χ1v) is 9.40. The molecule has 1 aromatic carbocycles. The Kier molecular flexibility index (Phi) is 5.81. The highest BCUT2D eigenvalue weighted by Crippen LogP contribution is 2.37. The molecule has 7 heteroatoms. The van der Waals surface area contributed by atoms with Crippen molar-refractivity contribution in [2.24, 2.45) is 0 Å². The summed E-state index contributed by atoms with van der Waals surface area (Å²) in [5.41, 5.74) is 2.60. The van der Waals surface area contributed by atoms with Gasteiger partial charge >= 0.3 is 0 Å². The van der Waals surface area contributed by atoms with Gasteiger partial charge in [0.2, 0.25) is 5.88 Å². The van der Waals surface area contributed by atoms with E-state index in [-0.39, 0.29) is 18.3 Å². The Bertz CT molecular complexity index is 969. The quantitative estimate of drug-likeness (QED) is 0.569. The van der Waals surface area contributed by atoms with Crippen molar-refractivity contribution >= 4 is 27.5 Å². The number of hydrogen-bond acceptors (Lipinski definition) is 5. The van der Waals surface area contributed by atoms with Crippen LogP contribution in [-0.2, 0) is 4.79 Å². The zero-order valence-corrected chi connectivity index (χ0v) is 16.1. The number of likely N-dealkylation sites (N-methyl/N-ethyl adjacent to an activating group) is 1. The van der Waals surface area contributed by atoms with Gasteiger partial charge in [-0.1, -0.05) is 24.3 Å². The van der Waals surface area contributed by atoms with Crippen LogP contribution in [0.15, 0.2) is 48.1 Å². The number of halogens is 1. The number of hydrogen-bond donors (Lipinski definition) is 0. The minimum atomic E-state index is -0.297. The van der Waals surface area contributed by atoms with Crippen LogP contribution in [0.4, 0.5) is 4.39 Å². The van der Waals surface area contributed by atoms with Gasteiger partial charge in [-0.05, 0) is 31.5 Å². The zero-order valence-electron chi connectivity index (χ0n) is 15.2. The van der Waals surface area contributed by atoms with Gasteiger partial charge in [0, 0.05) is 24.0 Å². The molecule has 0 saturated heterocycles. The average molecular weight is 385 g/mol. The second-order valence-corrected chi connectivity index (χ2v) is 7.03. The predicted molar refractivity (Wildman–Crippen MR) is 105 cm³/mol. The Hall–Kier alpha value is -2.80. The third kappa shape index (κ3) is 4.31. The molecule has 0 aliphatic heterocycles. The Morgan fingerprint density at radius 2 is 2.04 bits per heavy atom. The van der Waals surface area contributed by atoms with Gasteiger partial charge in [0.1, 0.15) is 17.0 Å². The Labute approximate surface area is 161 Å². The van der Waals surface area contributed by atoms with Crippen molar-refractivity contribution in [1.82, 2.24) is 14.9 Å². The van der Waals surface area contributed by atoms with Gasteiger partial charge in [0.15, 0.2) is 6.61 Å². The fourth-order valence-corrected chi connectivity index (χ4v) is 3.63. The molecule has 0 atom stereocenters. The fourth-order valence-electron chi connectivity index (χ4n) is 2.72. The predicted octanol–water partition coefficient (Wildman–Crippen LogP) is 4.30. The van der Waals surface area contributed by atoms with E-state index in [1.54, 1.807) is 17.0 Å². The summed E-state index contributed by atoms with van der Waals surface area (Å²) in [4.78, 5) is 23.3. The van der Waals surface area contributed by atoms with Crippen molar-refractivity contribution in [1.29, 1.82) is 0 Å². The second kappa shape index (κ2) is 8.26. The Balaban J connectivity index is 1.87. The fraction of sp³-hybridized carbons (Fsp3) is 0.250. The van der Waals surface area contributed by atoms with E-state index in [9.17, 15) is 9.18 Å². The lowest BCUT2D eigenvalue weighted by Gasteiger charge is -2.21. The van der Waals surface area contributed by atoms with Gasteiger partial charge < -0.3 is 9.64 Å². The molecule has 3 rings (SSSR count). The third-order valence-electron chi connectivity index (χ3n) is 4.02. The second-order valence-electron chi connectivity index (χ2n) is 6.17. The van der Waals surface area contributed by atoms with E-state index in [4.69, 9.17) is 4.74 Å². The van der Waals surface area contributed by atoms with Crippen molar-refractivity contribution in [3.8, 4) is 17.0 Å². The number of fused-ring (bicyclic) bond motifs is 1. The molecule has 0 radical (unpaired) electrons. The molecule has 140 valence electrons. The Morgan fingerprint density at radius 1 is 1.30 bits per heavy atom. The van der Waals surface area contributed by atoms with Crippen molar-refractivity contribution in [3.63, 3.8) is 0 Å². The minimum absolute atomic E-state index is 0.119. The van der Waals surface area contributed by atoms with Gasteiger partial charge in [0.05, 0.1) is 5.39 Å². The molecular formula is C20H20FN3O2S. The van der Waals surface area contributed by atoms with E-state index in [0.717, 1.165) is 26.9 Å². The molecule has 27 heavy (non-hydrogen) atoms. The summed E-state index contributed by atoms with van der Waals surface area (Å²) in [7, 11) is 0. The first-order valence-electron chi connectivity index (χ1n) is 8.52. The largest absolute Gasteiger partial charge is 0.467 e. The summed E-state index contributed by atoms with van der Waals surface area (Å²) in [6.07, 6.45) is 1.42. The molecule has 2 heterocycles. The average Bonchev–Trinajstić information content (AvgIpc) is 3.09. The summed E-state index contributed by atoms with van der Waals surface area (Å²) < 4.78 is 19.0. The standard InChI is InChI=1S/C20H20FN3O2S/c1-4-24(9-13(2)3)17(25)10-26-19-18-16(11-27-20(18)23-12-22-19)14-5-7-15(21)8-6-14/h5-8,11-12H,2,4,9-10H2,1,3H3. The number of aromatic nitrogens is 2. The summed E-state index contributed by atoms with van der Waals surface area (Å²) in [6, 6.07) is 6.21. The number of rotatable bonds is 7. The molecule has 0 bridgehead atoms. The number of amides is 1. The number of thiophene rings is 1. The molecular weight excluding hydrogens is 365 g/mol. The van der Waals surface area contributed by atoms with E-state index >= 15 is 0 Å². The van der Waals surface area contributed by atoms with Crippen LogP contribution in [0, 0.1) is 5.82 Å². The highest BCUT2D eigenvalue weighted by Gasteiger charge is 2.17. The maximum absolute atomic E-state index is 13.2. The number of carbonyl (C=O) groups is 1. The first kappa shape index (κ1) is 19.0. The maximum Gasteiger partial charge on any atom is 0.260 e. The van der Waals surface area contributed by atoms with E-state index in [0.29, 0.717) is 19.0 Å². The van der Waals surface area contributed by atoms with Crippen LogP contribution in [0.5, 0.6) is 5.88 Å². The summed E-state index contributed by atoms with van der Waals surface area (Å²) in [6.45, 7) is 8.60. The van der Waals surface area contributed by atoms with E-state index in [1.165, 1.54) is 29.8 Å². The van der Waals surface area contributed by atoms with Gasteiger partial charge in [-0.3, -0.25) is 4.79 Å². The first-order chi connectivity index (χ1) is 13.0. The maximum atomic E-state index is 13.2. The van der Waals surface area contributed by atoms with Gasteiger partial charge in [-0.2, -0.15) is 0 Å². The molecule has 0 saturated carbocycles. The van der Waals surface area contributed by atoms with E-state index in [1.807, 2.05) is 19.2 Å². The normalized spacial score (nSPS) is 10.8. The lowest BCUT2D eigenvalue weighted by molar-refractivity contribution is -0.132. The molecule has 0 aliphatic carbocycles. The van der Waals surface area contributed by atoms with Crippen LogP contribution in [0.2, 0.25) is 0 Å². The molecule has 0 spiro atoms. The van der Waals surface area contributed by atoms with Crippen LogP contribution >= 0.6 is 11.3 Å². The number of benzene rings is 1. The topological polar surface area (TPSA) is 55.3 Å². The summed E-state index contributed by atoms with van der Waals surface area (Å²) in [5.74, 6) is -0.0834. The molecule has 0 unspecified atom stereocenters. The highest BCUT2D eigenvalue weighted by atomic mass is 32.1. The minimum Gasteiger partial charge on any atom is -0.467 e. The summed E-state index contributed by atoms with van der Waals surface area (Å²) >= 11 is 1.45. The third-order valence-corrected chi connectivity index (χ3v) is 4.90. The van der Waals surface area contributed by atoms with Crippen LogP contribution in [-0.4, -0.2) is 40.5 Å². The SMILES string of the molecule is C=C(C)CN(CC)C(=O)COc1ncnc2scc(-c3ccc(F)cc3)c12. The molecule has 0 aliphatic rings. The van der Waals surface area contributed by atoms with E-state index in [2.05, 4.69) is 16.5 Å². The molecule has 5 nitrogen and oxygen atoms in total. The number of ether oxygens (including phenoxy) is 1. The zero-order chi connectivity index (χ0) is 19.4. The number of nitrogens with zero attached hydrogens (tertiary/aromatic N) is 3. The van der Waals surface area contributed by atoms with Gasteiger partial charge in [-0.25, -0.2) is 14.4 Å². The van der Waals surface area contributed by atoms with Crippen molar-refractivity contribution in [2.75, 3.05) is 19.7 Å². The lowest BCUT2D eigenvalue weighted by atomic mass is 10.1. The van der Waals surface area contributed by atoms with Gasteiger partial charge in [-0.15, -0.1) is 11.3 Å². The van der Waals surface area contributed by atoms with E-state index < -0.39 is 0 Å². The van der Waals surface area contributed by atoms with Crippen molar-refractivity contribution in [2.45, 2.75) is 13.8 Å². The molecule has 0 fully saturated rings. The lowest BCUT2D eigenvalue weighted by Crippen LogP contribution is -2.35. The molecule has 3 aromatic rings. The highest BCUT2D eigenvalue weighted by molar-refractivity contribution is 7.17. The smallest absolute Gasteiger partial charge is 0.260 e. The summed E-state index contributed by atoms with van der Waals surface area (Å²) in [5, 5.41) is 2.66. The van der Waals surface area contributed by atoms with Crippen LogP contribution in [0.25, 0.3) is 21.3 Å². The van der Waals surface area contributed by atoms with Crippen molar-refractivity contribution < 1.29 is 13.9 Å². The molecule has 0 N–H and O–H groups in total. The monoisotopic (exact) mass is 385 g/mol. The van der Waals surface area contributed by atoms with Crippen LogP contribution < -0.4 is 4.74 Å². The van der Waals surface area contributed by atoms with Crippen LogP contribution in [0.1, 0.15) is 13.8 Å². The molecule has 2 aromatic heterocycles. The molecule has 1 amide bonds. The van der Waals surface area contributed by atoms with Crippen LogP contribution in [0.3, 0.4) is 0 Å². The number of carbonyl (C=O) groups excluding carboxylic acids is 1. The van der Waals surface area contributed by atoms with Gasteiger partial charge in [0.25, 0.3) is 5.91 Å².